The Kier molecular flexibility index (Phi) is 5.31. The SMILES string of the molecule is N=CC(=CN)c1nn(Cc2cc3cccc(Cl)c3c(=O)n2-c2ccccc2)c2ncnc(N)c12. The van der Waals surface area contributed by atoms with E-state index in [1.165, 1.54) is 12.5 Å². The van der Waals surface area contributed by atoms with Crippen molar-refractivity contribution in [3.05, 3.63) is 93.9 Å². The number of nitrogen functional groups attached to an aromatic ring is 1. The molecule has 3 aromatic heterocycles. The normalized spacial score (nSPS) is 11.9. The van der Waals surface area contributed by atoms with Crippen molar-refractivity contribution >= 4 is 51.0 Å². The first-order chi connectivity index (χ1) is 16.5. The minimum Gasteiger partial charge on any atom is -0.404 e. The van der Waals surface area contributed by atoms with Crippen LogP contribution in [0, 0.1) is 5.41 Å². The first-order valence-electron chi connectivity index (χ1n) is 10.3. The van der Waals surface area contributed by atoms with Crippen LogP contribution in [0.25, 0.3) is 33.1 Å². The van der Waals surface area contributed by atoms with Crippen LogP contribution in [0.15, 0.2) is 71.9 Å². The fourth-order valence-corrected chi connectivity index (χ4v) is 4.30. The van der Waals surface area contributed by atoms with Crippen molar-refractivity contribution < 1.29 is 0 Å². The zero-order valence-corrected chi connectivity index (χ0v) is 18.6. The lowest BCUT2D eigenvalue weighted by molar-refractivity contribution is 0.668. The van der Waals surface area contributed by atoms with Gasteiger partial charge in [-0.25, -0.2) is 14.6 Å². The molecule has 0 aliphatic carbocycles. The molecule has 5 N–H and O–H groups in total. The van der Waals surface area contributed by atoms with Crippen LogP contribution >= 0.6 is 11.6 Å². The summed E-state index contributed by atoms with van der Waals surface area (Å²) in [6.45, 7) is 0.190. The van der Waals surface area contributed by atoms with Gasteiger partial charge in [0.2, 0.25) is 0 Å². The second-order valence-corrected chi connectivity index (χ2v) is 7.95. The van der Waals surface area contributed by atoms with Crippen molar-refractivity contribution in [2.75, 3.05) is 5.73 Å². The number of pyridine rings is 1. The van der Waals surface area contributed by atoms with Gasteiger partial charge in [0.05, 0.1) is 22.3 Å². The summed E-state index contributed by atoms with van der Waals surface area (Å²) in [5.74, 6) is 0.221. The summed E-state index contributed by atoms with van der Waals surface area (Å²) in [6, 6.07) is 16.6. The van der Waals surface area contributed by atoms with E-state index in [0.717, 1.165) is 6.21 Å². The average molecular weight is 471 g/mol. The summed E-state index contributed by atoms with van der Waals surface area (Å²) >= 11 is 6.40. The van der Waals surface area contributed by atoms with Crippen molar-refractivity contribution in [1.29, 1.82) is 5.41 Å². The summed E-state index contributed by atoms with van der Waals surface area (Å²) < 4.78 is 3.24. The summed E-state index contributed by atoms with van der Waals surface area (Å²) in [4.78, 5) is 22.1. The number of nitrogens with two attached hydrogens (primary N) is 2. The van der Waals surface area contributed by atoms with Gasteiger partial charge < -0.3 is 16.9 Å². The lowest BCUT2D eigenvalue weighted by Gasteiger charge is -2.15. The Morgan fingerprint density at radius 1 is 1.09 bits per heavy atom. The summed E-state index contributed by atoms with van der Waals surface area (Å²) in [5, 5.41) is 14.4. The van der Waals surface area contributed by atoms with E-state index in [2.05, 4.69) is 15.1 Å². The van der Waals surface area contributed by atoms with Crippen LogP contribution < -0.4 is 17.0 Å². The quantitative estimate of drug-likeness (QED) is 0.336. The van der Waals surface area contributed by atoms with Crippen LogP contribution in [0.1, 0.15) is 11.4 Å². The molecule has 9 nitrogen and oxygen atoms in total. The molecule has 3 heterocycles. The Labute approximate surface area is 198 Å². The van der Waals surface area contributed by atoms with E-state index >= 15 is 0 Å². The fourth-order valence-electron chi connectivity index (χ4n) is 4.04. The zero-order chi connectivity index (χ0) is 23.8. The third-order valence-corrected chi connectivity index (χ3v) is 5.88. The van der Waals surface area contributed by atoms with Crippen LogP contribution in [0.5, 0.6) is 0 Å². The average Bonchev–Trinajstić information content (AvgIpc) is 3.20. The highest BCUT2D eigenvalue weighted by Crippen LogP contribution is 2.28. The molecule has 168 valence electrons. The Morgan fingerprint density at radius 3 is 2.62 bits per heavy atom. The van der Waals surface area contributed by atoms with Crippen LogP contribution in [0.3, 0.4) is 0 Å². The van der Waals surface area contributed by atoms with Gasteiger partial charge in [-0.3, -0.25) is 9.36 Å². The standard InChI is InChI=1S/C24H19ClN8O/c25-18-8-4-5-14-9-17(33(24(34)19(14)18)16-6-2-1-3-7-16)12-32-23-20(22(28)29-13-30-23)21(31-32)15(10-26)11-27/h1-11,13,26H,12,27H2,(H2,28,29,30). The summed E-state index contributed by atoms with van der Waals surface area (Å²) in [7, 11) is 0. The number of benzene rings is 2. The van der Waals surface area contributed by atoms with Gasteiger partial charge in [0.25, 0.3) is 5.56 Å². The monoisotopic (exact) mass is 470 g/mol. The topological polar surface area (TPSA) is 141 Å². The lowest BCUT2D eigenvalue weighted by atomic mass is 10.1. The maximum absolute atomic E-state index is 13.6. The molecule has 0 unspecified atom stereocenters. The van der Waals surface area contributed by atoms with E-state index < -0.39 is 0 Å². The van der Waals surface area contributed by atoms with E-state index in [1.807, 2.05) is 42.5 Å². The lowest BCUT2D eigenvalue weighted by Crippen LogP contribution is -2.24. The van der Waals surface area contributed by atoms with Gasteiger partial charge >= 0.3 is 0 Å². The highest BCUT2D eigenvalue weighted by Gasteiger charge is 2.20. The number of hydrogen-bond acceptors (Lipinski definition) is 7. The predicted molar refractivity (Wildman–Crippen MR) is 134 cm³/mol. The minimum atomic E-state index is -0.239. The highest BCUT2D eigenvalue weighted by molar-refractivity contribution is 6.35. The van der Waals surface area contributed by atoms with E-state index in [1.54, 1.807) is 21.4 Å². The molecule has 0 saturated heterocycles. The number of para-hydroxylation sites is 1. The van der Waals surface area contributed by atoms with Gasteiger partial charge in [0.1, 0.15) is 17.8 Å². The molecule has 2 aromatic carbocycles. The van der Waals surface area contributed by atoms with Crippen molar-refractivity contribution in [3.8, 4) is 5.69 Å². The first kappa shape index (κ1) is 21.4. The molecule has 0 saturated carbocycles. The number of nitrogens with one attached hydrogen (secondary N) is 1. The molecular weight excluding hydrogens is 452 g/mol. The number of hydrogen-bond donors (Lipinski definition) is 3. The van der Waals surface area contributed by atoms with Gasteiger partial charge in [-0.1, -0.05) is 41.9 Å². The third kappa shape index (κ3) is 3.39. The van der Waals surface area contributed by atoms with Gasteiger partial charge in [0, 0.05) is 29.4 Å². The number of halogens is 1. The molecule has 0 bridgehead atoms. The number of nitrogens with zero attached hydrogens (tertiary/aromatic N) is 5. The molecule has 0 amide bonds. The molecule has 5 rings (SSSR count). The highest BCUT2D eigenvalue weighted by atomic mass is 35.5. The Bertz CT molecular complexity index is 1650. The molecule has 0 aliphatic heterocycles. The molecular formula is C24H19ClN8O. The van der Waals surface area contributed by atoms with E-state index in [4.69, 9.17) is 28.5 Å². The molecule has 0 atom stereocenters. The van der Waals surface area contributed by atoms with Crippen molar-refractivity contribution in [2.45, 2.75) is 6.54 Å². The van der Waals surface area contributed by atoms with Crippen molar-refractivity contribution in [1.82, 2.24) is 24.3 Å². The van der Waals surface area contributed by atoms with E-state index in [0.29, 0.717) is 49.5 Å². The van der Waals surface area contributed by atoms with E-state index in [-0.39, 0.29) is 17.9 Å². The number of fused-ring (bicyclic) bond motifs is 2. The number of aromatic nitrogens is 5. The number of allylic oxidation sites excluding steroid dienone is 1. The van der Waals surface area contributed by atoms with Crippen molar-refractivity contribution in [3.63, 3.8) is 0 Å². The van der Waals surface area contributed by atoms with E-state index in [9.17, 15) is 4.79 Å². The van der Waals surface area contributed by atoms with Crippen molar-refractivity contribution in [2.24, 2.45) is 5.73 Å². The van der Waals surface area contributed by atoms with Gasteiger partial charge in [0.15, 0.2) is 5.65 Å². The first-order valence-corrected chi connectivity index (χ1v) is 10.7. The second-order valence-electron chi connectivity index (χ2n) is 7.55. The minimum absolute atomic E-state index is 0.190. The Balaban J connectivity index is 1.80. The molecule has 0 spiro atoms. The molecule has 0 aliphatic rings. The number of rotatable bonds is 5. The predicted octanol–water partition coefficient (Wildman–Crippen LogP) is 3.36. The summed E-state index contributed by atoms with van der Waals surface area (Å²) in [6.07, 6.45) is 3.72. The fraction of sp³-hybridized carbons (Fsp3) is 0.0417. The molecule has 5 aromatic rings. The van der Waals surface area contributed by atoms with Gasteiger partial charge in [-0.05, 0) is 29.7 Å². The molecule has 0 radical (unpaired) electrons. The zero-order valence-electron chi connectivity index (χ0n) is 17.8. The molecule has 10 heteroatoms. The van der Waals surface area contributed by atoms with Gasteiger partial charge in [-0.2, -0.15) is 5.10 Å². The van der Waals surface area contributed by atoms with Crippen LogP contribution in [-0.4, -0.2) is 30.5 Å². The van der Waals surface area contributed by atoms with Crippen LogP contribution in [0.4, 0.5) is 5.82 Å². The second kappa shape index (κ2) is 8.45. The maximum atomic E-state index is 13.6. The Morgan fingerprint density at radius 2 is 1.88 bits per heavy atom. The maximum Gasteiger partial charge on any atom is 0.264 e. The molecule has 0 fully saturated rings. The largest absolute Gasteiger partial charge is 0.404 e. The molecule has 34 heavy (non-hydrogen) atoms. The smallest absolute Gasteiger partial charge is 0.264 e. The van der Waals surface area contributed by atoms with Crippen LogP contribution in [-0.2, 0) is 6.54 Å². The third-order valence-electron chi connectivity index (χ3n) is 5.57. The van der Waals surface area contributed by atoms with Crippen LogP contribution in [0.2, 0.25) is 5.02 Å². The number of anilines is 1. The summed E-state index contributed by atoms with van der Waals surface area (Å²) in [5.41, 5.74) is 14.2. The van der Waals surface area contributed by atoms with Gasteiger partial charge in [-0.15, -0.1) is 0 Å². The Hall–Kier alpha value is -4.50.